The van der Waals surface area contributed by atoms with Gasteiger partial charge in [-0.15, -0.1) is 0 Å². The summed E-state index contributed by atoms with van der Waals surface area (Å²) in [5.41, 5.74) is 0.165. The highest BCUT2D eigenvalue weighted by Gasteiger charge is 2.48. The van der Waals surface area contributed by atoms with Gasteiger partial charge in [-0.05, 0) is 38.0 Å². The van der Waals surface area contributed by atoms with Crippen molar-refractivity contribution in [2.75, 3.05) is 19.8 Å². The molecule has 2 fully saturated rings. The van der Waals surface area contributed by atoms with Crippen molar-refractivity contribution in [2.45, 2.75) is 45.4 Å². The van der Waals surface area contributed by atoms with Crippen LogP contribution < -0.4 is 5.32 Å². The number of ether oxygens (including phenoxy) is 1. The van der Waals surface area contributed by atoms with E-state index in [9.17, 15) is 9.59 Å². The Bertz CT molecular complexity index is 363. The molecule has 0 heterocycles. The molecule has 1 amide bonds. The third-order valence-electron chi connectivity index (χ3n) is 4.73. The summed E-state index contributed by atoms with van der Waals surface area (Å²) in [6.07, 6.45) is 6.16. The van der Waals surface area contributed by atoms with Gasteiger partial charge < -0.3 is 15.2 Å². The molecule has 2 atom stereocenters. The zero-order valence-electron chi connectivity index (χ0n) is 12.2. The fourth-order valence-electron chi connectivity index (χ4n) is 3.24. The van der Waals surface area contributed by atoms with Crippen LogP contribution in [0.4, 0.5) is 0 Å². The Morgan fingerprint density at radius 2 is 2.00 bits per heavy atom. The van der Waals surface area contributed by atoms with E-state index in [0.717, 1.165) is 32.5 Å². The van der Waals surface area contributed by atoms with Gasteiger partial charge in [-0.25, -0.2) is 0 Å². The minimum absolute atomic E-state index is 0.0833. The van der Waals surface area contributed by atoms with E-state index in [4.69, 9.17) is 9.84 Å². The highest BCUT2D eigenvalue weighted by Crippen LogP contribution is 2.42. The molecule has 0 radical (unpaired) electrons. The maximum absolute atomic E-state index is 11.9. The van der Waals surface area contributed by atoms with Gasteiger partial charge >= 0.3 is 5.97 Å². The predicted molar refractivity (Wildman–Crippen MR) is 74.3 cm³/mol. The predicted octanol–water partition coefficient (Wildman–Crippen LogP) is 1.81. The van der Waals surface area contributed by atoms with Crippen molar-refractivity contribution >= 4 is 11.9 Å². The van der Waals surface area contributed by atoms with Crippen LogP contribution in [0.1, 0.15) is 45.4 Å². The summed E-state index contributed by atoms with van der Waals surface area (Å²) in [4.78, 5) is 22.7. The lowest BCUT2D eigenvalue weighted by Crippen LogP contribution is -2.38. The standard InChI is InChI=1S/C15H25NO4/c1-2-20-8-7-15(5-3-4-6-15)10-16-13(17)11-9-12(11)14(18)19/h11-12H,2-10H2,1H3,(H,16,17)(H,18,19). The number of aliphatic carboxylic acids is 1. The van der Waals surface area contributed by atoms with Gasteiger partial charge in [-0.2, -0.15) is 0 Å². The molecule has 2 rings (SSSR count). The maximum atomic E-state index is 11.9. The van der Waals surface area contributed by atoms with E-state index in [1.54, 1.807) is 0 Å². The quantitative estimate of drug-likeness (QED) is 0.666. The lowest BCUT2D eigenvalue weighted by atomic mass is 9.83. The third-order valence-corrected chi connectivity index (χ3v) is 4.73. The summed E-state index contributed by atoms with van der Waals surface area (Å²) in [7, 11) is 0. The minimum Gasteiger partial charge on any atom is -0.481 e. The highest BCUT2D eigenvalue weighted by atomic mass is 16.5. The molecule has 2 unspecified atom stereocenters. The second-order valence-corrected chi connectivity index (χ2v) is 6.16. The number of carboxylic acid groups (broad SMARTS) is 1. The first kappa shape index (κ1) is 15.3. The Hall–Kier alpha value is -1.10. The van der Waals surface area contributed by atoms with E-state index in [2.05, 4.69) is 5.32 Å². The molecule has 0 saturated heterocycles. The number of hydrogen-bond donors (Lipinski definition) is 2. The van der Waals surface area contributed by atoms with Crippen LogP contribution in [0.3, 0.4) is 0 Å². The van der Waals surface area contributed by atoms with Gasteiger partial charge in [-0.1, -0.05) is 12.8 Å². The molecule has 5 heteroatoms. The molecule has 2 aliphatic rings. The van der Waals surface area contributed by atoms with Crippen molar-refractivity contribution in [3.8, 4) is 0 Å². The average Bonchev–Trinajstić information content (AvgIpc) is 3.11. The molecule has 2 N–H and O–H groups in total. The van der Waals surface area contributed by atoms with Gasteiger partial charge in [0.25, 0.3) is 0 Å². The van der Waals surface area contributed by atoms with E-state index >= 15 is 0 Å². The van der Waals surface area contributed by atoms with Crippen LogP contribution in [0, 0.1) is 17.3 Å². The monoisotopic (exact) mass is 283 g/mol. The Labute approximate surface area is 120 Å². The molecular weight excluding hydrogens is 258 g/mol. The van der Waals surface area contributed by atoms with Gasteiger partial charge in [-0.3, -0.25) is 9.59 Å². The Morgan fingerprint density at radius 1 is 1.30 bits per heavy atom. The fraction of sp³-hybridized carbons (Fsp3) is 0.867. The number of carbonyl (C=O) groups is 2. The number of amides is 1. The first-order valence-electron chi connectivity index (χ1n) is 7.66. The lowest BCUT2D eigenvalue weighted by Gasteiger charge is -2.29. The number of carbonyl (C=O) groups excluding carboxylic acids is 1. The largest absolute Gasteiger partial charge is 0.481 e. The van der Waals surface area contributed by atoms with Crippen molar-refractivity contribution in [1.29, 1.82) is 0 Å². The minimum atomic E-state index is -0.850. The lowest BCUT2D eigenvalue weighted by molar-refractivity contribution is -0.140. The van der Waals surface area contributed by atoms with Crippen LogP contribution >= 0.6 is 0 Å². The maximum Gasteiger partial charge on any atom is 0.307 e. The van der Waals surface area contributed by atoms with Crippen molar-refractivity contribution in [3.63, 3.8) is 0 Å². The Kier molecular flexibility index (Phi) is 5.02. The highest BCUT2D eigenvalue weighted by molar-refractivity contribution is 5.89. The van der Waals surface area contributed by atoms with Crippen molar-refractivity contribution in [1.82, 2.24) is 5.32 Å². The van der Waals surface area contributed by atoms with E-state index in [1.165, 1.54) is 12.8 Å². The molecule has 2 aliphatic carbocycles. The fourth-order valence-corrected chi connectivity index (χ4v) is 3.24. The molecule has 0 bridgehead atoms. The molecule has 0 aliphatic heterocycles. The molecule has 20 heavy (non-hydrogen) atoms. The van der Waals surface area contributed by atoms with Gasteiger partial charge in [0.15, 0.2) is 0 Å². The van der Waals surface area contributed by atoms with Crippen LogP contribution in [0.25, 0.3) is 0 Å². The molecule has 0 spiro atoms. The molecule has 114 valence electrons. The van der Waals surface area contributed by atoms with E-state index in [1.807, 2.05) is 6.92 Å². The third kappa shape index (κ3) is 3.72. The summed E-state index contributed by atoms with van der Waals surface area (Å²) in [6.45, 7) is 4.13. The van der Waals surface area contributed by atoms with Crippen molar-refractivity contribution in [3.05, 3.63) is 0 Å². The normalized spacial score (nSPS) is 27.2. The number of carboxylic acids is 1. The first-order valence-corrected chi connectivity index (χ1v) is 7.66. The van der Waals surface area contributed by atoms with E-state index in [0.29, 0.717) is 13.0 Å². The van der Waals surface area contributed by atoms with Crippen molar-refractivity contribution in [2.24, 2.45) is 17.3 Å². The number of nitrogens with one attached hydrogen (secondary N) is 1. The van der Waals surface area contributed by atoms with Crippen LogP contribution in [0.5, 0.6) is 0 Å². The first-order chi connectivity index (χ1) is 9.58. The van der Waals surface area contributed by atoms with Gasteiger partial charge in [0.05, 0.1) is 11.8 Å². The second-order valence-electron chi connectivity index (χ2n) is 6.16. The van der Waals surface area contributed by atoms with E-state index in [-0.39, 0.29) is 17.2 Å². The van der Waals surface area contributed by atoms with Crippen LogP contribution in [0.2, 0.25) is 0 Å². The average molecular weight is 283 g/mol. The van der Waals surface area contributed by atoms with Gasteiger partial charge in [0.2, 0.25) is 5.91 Å². The molecular formula is C15H25NO4. The number of hydrogen-bond acceptors (Lipinski definition) is 3. The number of rotatable bonds is 8. The molecule has 0 aromatic carbocycles. The molecule has 0 aromatic rings. The van der Waals surface area contributed by atoms with Gasteiger partial charge in [0, 0.05) is 19.8 Å². The van der Waals surface area contributed by atoms with Crippen LogP contribution in [-0.4, -0.2) is 36.7 Å². The topological polar surface area (TPSA) is 75.6 Å². The summed E-state index contributed by atoms with van der Waals surface area (Å²) < 4.78 is 5.45. The smallest absolute Gasteiger partial charge is 0.307 e. The second kappa shape index (κ2) is 6.57. The molecule has 5 nitrogen and oxygen atoms in total. The van der Waals surface area contributed by atoms with Crippen molar-refractivity contribution < 1.29 is 19.4 Å². The summed E-state index contributed by atoms with van der Waals surface area (Å²) in [6, 6.07) is 0. The van der Waals surface area contributed by atoms with Crippen LogP contribution in [-0.2, 0) is 14.3 Å². The summed E-state index contributed by atoms with van der Waals surface area (Å²) in [5, 5.41) is 11.8. The SMILES string of the molecule is CCOCCC1(CNC(=O)C2CC2C(=O)O)CCCC1. The zero-order chi connectivity index (χ0) is 14.6. The van der Waals surface area contributed by atoms with E-state index < -0.39 is 11.9 Å². The Morgan fingerprint density at radius 3 is 2.55 bits per heavy atom. The van der Waals surface area contributed by atoms with Gasteiger partial charge in [0.1, 0.15) is 0 Å². The molecule has 0 aromatic heterocycles. The summed E-state index contributed by atoms with van der Waals surface area (Å²) >= 11 is 0. The molecule has 2 saturated carbocycles. The van der Waals surface area contributed by atoms with Crippen LogP contribution in [0.15, 0.2) is 0 Å². The zero-order valence-corrected chi connectivity index (χ0v) is 12.2. The Balaban J connectivity index is 1.77. The summed E-state index contributed by atoms with van der Waals surface area (Å²) in [5.74, 6) is -1.70.